The van der Waals surface area contributed by atoms with Gasteiger partial charge in [-0.1, -0.05) is 41.8 Å². The van der Waals surface area contributed by atoms with Crippen LogP contribution in [0.15, 0.2) is 75.8 Å². The maximum atomic E-state index is 14.6. The molecule has 7 amide bonds. The van der Waals surface area contributed by atoms with E-state index in [-0.39, 0.29) is 96.6 Å². The van der Waals surface area contributed by atoms with Gasteiger partial charge >= 0.3 is 6.01 Å². The highest BCUT2D eigenvalue weighted by Crippen LogP contribution is 2.44. The maximum Gasteiger partial charge on any atom is 0.319 e. The molecule has 2 aromatic carbocycles. The Bertz CT molecular complexity index is 3250. The molecule has 5 N–H and O–H groups in total. The van der Waals surface area contributed by atoms with Crippen LogP contribution in [0.4, 0.5) is 5.69 Å². The average molecular weight is 1080 g/mol. The van der Waals surface area contributed by atoms with Gasteiger partial charge in [-0.05, 0) is 67.6 Å². The van der Waals surface area contributed by atoms with Crippen LogP contribution in [0.1, 0.15) is 93.4 Å². The fourth-order valence-electron chi connectivity index (χ4n) is 8.92. The fourth-order valence-corrected chi connectivity index (χ4v) is 9.29. The number of aliphatic imine (C=N–C) groups is 1. The summed E-state index contributed by atoms with van der Waals surface area (Å²) in [6.07, 6.45) is 6.78. The van der Waals surface area contributed by atoms with E-state index in [0.717, 1.165) is 4.90 Å². The molecule has 0 saturated carbocycles. The summed E-state index contributed by atoms with van der Waals surface area (Å²) in [6, 6.07) is 10.6. The third-order valence-electron chi connectivity index (χ3n) is 12.6. The molecular weight excluding hydrogens is 1030 g/mol. The molecule has 24 nitrogen and oxygen atoms in total. The van der Waals surface area contributed by atoms with Crippen LogP contribution in [-0.2, 0) is 32.8 Å². The Morgan fingerprint density at radius 3 is 2.38 bits per heavy atom. The van der Waals surface area contributed by atoms with Crippen LogP contribution in [0, 0.1) is 0 Å². The first kappa shape index (κ1) is 53.8. The molecule has 1 saturated heterocycles. The number of piperidine rings is 1. The van der Waals surface area contributed by atoms with Crippen molar-refractivity contribution in [3.63, 3.8) is 0 Å². The zero-order valence-corrected chi connectivity index (χ0v) is 42.9. The lowest BCUT2D eigenvalue weighted by Gasteiger charge is -2.27. The number of ether oxygens (including phenoxy) is 3. The van der Waals surface area contributed by atoms with Crippen LogP contribution >= 0.6 is 23.2 Å². The number of halogens is 2. The molecule has 0 aliphatic carbocycles. The number of carbonyl (C=O) groups is 7. The van der Waals surface area contributed by atoms with Crippen molar-refractivity contribution in [2.45, 2.75) is 63.6 Å². The summed E-state index contributed by atoms with van der Waals surface area (Å²) in [5.74, 6) is 2.57. The molecule has 0 spiro atoms. The minimum absolute atomic E-state index is 0.000455. The predicted molar refractivity (Wildman–Crippen MR) is 276 cm³/mol. The second-order valence-electron chi connectivity index (χ2n) is 17.6. The third kappa shape index (κ3) is 11.6. The summed E-state index contributed by atoms with van der Waals surface area (Å²) in [6.45, 7) is 0.480. The number of nitrogens with one attached hydrogen (secondary N) is 3. The monoisotopic (exact) mass is 1080 g/mol. The van der Waals surface area contributed by atoms with Crippen LogP contribution in [0.3, 0.4) is 0 Å². The van der Waals surface area contributed by atoms with E-state index in [2.05, 4.69) is 36.0 Å². The van der Waals surface area contributed by atoms with Gasteiger partial charge in [-0.15, -0.1) is 0 Å². The molecule has 0 radical (unpaired) electrons. The van der Waals surface area contributed by atoms with Crippen molar-refractivity contribution < 1.29 is 47.8 Å². The number of hydrogen-bond acceptors (Lipinski definition) is 17. The highest BCUT2D eigenvalue weighted by Gasteiger charge is 2.47. The van der Waals surface area contributed by atoms with E-state index in [1.54, 1.807) is 31.3 Å². The number of fused-ring (bicyclic) bond motifs is 2. The number of nitrogens with zero attached hydrogens (tertiary/aromatic N) is 9. The van der Waals surface area contributed by atoms with E-state index in [4.69, 9.17) is 48.2 Å². The molecule has 1 unspecified atom stereocenters. The van der Waals surface area contributed by atoms with E-state index in [1.807, 2.05) is 4.57 Å². The Morgan fingerprint density at radius 2 is 1.64 bits per heavy atom. The van der Waals surface area contributed by atoms with Gasteiger partial charge < -0.3 is 39.8 Å². The number of rotatable bonds is 22. The maximum absolute atomic E-state index is 14.6. The molecular formula is C50H51Cl2N13O11. The molecule has 8 rings (SSSR count). The number of pyridine rings is 1. The van der Waals surface area contributed by atoms with Crippen molar-refractivity contribution in [3.8, 4) is 29.0 Å². The third-order valence-corrected chi connectivity index (χ3v) is 13.1. The van der Waals surface area contributed by atoms with E-state index < -0.39 is 53.1 Å². The van der Waals surface area contributed by atoms with Crippen LogP contribution in [0.25, 0.3) is 11.4 Å². The summed E-state index contributed by atoms with van der Waals surface area (Å²) in [5.41, 5.74) is 1.60. The van der Waals surface area contributed by atoms with Crippen molar-refractivity contribution in [1.82, 2.24) is 44.9 Å². The van der Waals surface area contributed by atoms with Gasteiger partial charge in [-0.2, -0.15) is 10.1 Å². The fraction of sp³-hybridized carbons (Fsp3) is 0.340. The molecule has 396 valence electrons. The Balaban J connectivity index is 0.819. The van der Waals surface area contributed by atoms with Gasteiger partial charge in [0.25, 0.3) is 29.2 Å². The van der Waals surface area contributed by atoms with Gasteiger partial charge in [0.1, 0.15) is 29.3 Å². The summed E-state index contributed by atoms with van der Waals surface area (Å²) in [7, 11) is 4.40. The van der Waals surface area contributed by atoms with E-state index in [0.29, 0.717) is 65.6 Å². The van der Waals surface area contributed by atoms with E-state index >= 15 is 0 Å². The molecule has 3 aliphatic rings. The van der Waals surface area contributed by atoms with Crippen molar-refractivity contribution >= 4 is 82.2 Å². The number of aryl methyl sites for hydroxylation is 1. The highest BCUT2D eigenvalue weighted by molar-refractivity contribution is 6.32. The Hall–Kier alpha value is -8.51. The van der Waals surface area contributed by atoms with Crippen molar-refractivity contribution in [1.29, 1.82) is 0 Å². The normalized spacial score (nSPS) is 16.3. The average Bonchev–Trinajstić information content (AvgIpc) is 4.07. The number of hydrogen-bond donors (Lipinski definition) is 4. The van der Waals surface area contributed by atoms with Gasteiger partial charge in [0.15, 0.2) is 12.3 Å². The van der Waals surface area contributed by atoms with E-state index in [9.17, 15) is 38.4 Å². The first-order valence-electron chi connectivity index (χ1n) is 23.9. The standard InChI is InChI=1S/C50H51Cl2N13O11/c1-62-25-29(52)20-36(48(62)72)64-41(27-9-11-28(51)12-10-27)42-40(49(64)73)59-43(34-24-57-50(75-3)60-45(34)74-2)63(42)19-7-17-54-22-30(61-53)23-56-37(66)8-5-4-6-18-55-39(68)26-76-31-13-14-32-33(21-31)47(71)65(46(32)70)35-15-16-38(67)58-44(35)69/h9-14,20-22,24-25,35,41H,4-8,15-19,23,26,53H2,1-3H3,(H,55,68)(H,56,66)(H,58,67,69)/t35?,41-/m1/s1. The summed E-state index contributed by atoms with van der Waals surface area (Å²) in [4.78, 5) is 124. The second kappa shape index (κ2) is 23.8. The van der Waals surface area contributed by atoms with Gasteiger partial charge in [-0.25, -0.2) is 9.97 Å². The van der Waals surface area contributed by atoms with Crippen LogP contribution in [0.5, 0.6) is 17.6 Å². The largest absolute Gasteiger partial charge is 0.484 e. The number of nitrogens with two attached hydrogens (primary N) is 1. The molecule has 3 aromatic heterocycles. The van der Waals surface area contributed by atoms with Gasteiger partial charge in [0.05, 0.1) is 53.9 Å². The zero-order valence-electron chi connectivity index (χ0n) is 41.3. The number of imide groups is 2. The quantitative estimate of drug-likeness (QED) is 0.0254. The van der Waals surface area contributed by atoms with Crippen LogP contribution < -0.4 is 46.5 Å². The molecule has 26 heteroatoms. The van der Waals surface area contributed by atoms with Crippen molar-refractivity contribution in [2.24, 2.45) is 23.0 Å². The topological polar surface area (TPSA) is 306 Å². The lowest BCUT2D eigenvalue weighted by molar-refractivity contribution is -0.136. The minimum Gasteiger partial charge on any atom is -0.484 e. The number of unbranched alkanes of at least 4 members (excludes halogenated alkanes) is 2. The summed E-state index contributed by atoms with van der Waals surface area (Å²) < 4.78 is 19.6. The minimum atomic E-state index is -1.10. The first-order valence-corrected chi connectivity index (χ1v) is 24.7. The number of benzene rings is 2. The van der Waals surface area contributed by atoms with Crippen molar-refractivity contribution in [3.05, 3.63) is 109 Å². The Labute approximate surface area is 443 Å². The Kier molecular flexibility index (Phi) is 16.8. The number of anilines is 1. The smallest absolute Gasteiger partial charge is 0.319 e. The van der Waals surface area contributed by atoms with E-state index in [1.165, 1.54) is 66.6 Å². The van der Waals surface area contributed by atoms with Crippen LogP contribution in [-0.4, -0.2) is 129 Å². The highest BCUT2D eigenvalue weighted by atomic mass is 35.5. The van der Waals surface area contributed by atoms with Crippen LogP contribution in [0.2, 0.25) is 10.0 Å². The number of amides is 7. The molecule has 3 aliphatic heterocycles. The molecule has 76 heavy (non-hydrogen) atoms. The number of aromatic nitrogens is 5. The summed E-state index contributed by atoms with van der Waals surface area (Å²) >= 11 is 12.8. The SMILES string of the molecule is COc1ncc(-c2nc3c(n2CCCN=CC(CNC(=O)CCCCCNC(=O)COc2ccc4c(c2)C(=O)N(C2CCC(=O)NC2=O)C4=O)=NN)[C@@H](c2ccc(Cl)cc2)N(c2cc(Cl)cn(C)c2=O)C3=O)c(OC)n1. The predicted octanol–water partition coefficient (Wildman–Crippen LogP) is 3.16. The van der Waals surface area contributed by atoms with Gasteiger partial charge in [-0.3, -0.25) is 58.5 Å². The lowest BCUT2D eigenvalue weighted by atomic mass is 10.0. The molecule has 6 heterocycles. The molecule has 0 bridgehead atoms. The zero-order chi connectivity index (χ0) is 54.2. The molecule has 2 atom stereocenters. The number of hydrazone groups is 1. The first-order chi connectivity index (χ1) is 36.6. The van der Waals surface area contributed by atoms with Gasteiger partial charge in [0, 0.05) is 63.2 Å². The number of carbonyl (C=O) groups excluding carboxylic acids is 7. The van der Waals surface area contributed by atoms with Crippen molar-refractivity contribution in [2.75, 3.05) is 45.4 Å². The lowest BCUT2D eigenvalue weighted by Crippen LogP contribution is -2.54. The molecule has 5 aromatic rings. The van der Waals surface area contributed by atoms with Gasteiger partial charge in [0.2, 0.25) is 23.6 Å². The molecule has 1 fully saturated rings. The second-order valence-corrected chi connectivity index (χ2v) is 18.5. The number of methoxy groups -OCH3 is 2. The Morgan fingerprint density at radius 1 is 0.868 bits per heavy atom. The number of imidazole rings is 1. The summed E-state index contributed by atoms with van der Waals surface area (Å²) in [5, 5.41) is 12.2.